The molecule has 31 heavy (non-hydrogen) atoms. The lowest BCUT2D eigenvalue weighted by Gasteiger charge is -2.31. The number of piperidine rings is 1. The van der Waals surface area contributed by atoms with Crippen LogP contribution >= 0.6 is 0 Å². The molecule has 160 valence electrons. The van der Waals surface area contributed by atoms with E-state index in [4.69, 9.17) is 4.74 Å². The highest BCUT2D eigenvalue weighted by molar-refractivity contribution is 6.30. The summed E-state index contributed by atoms with van der Waals surface area (Å²) in [6.07, 6.45) is 1.56. The predicted molar refractivity (Wildman–Crippen MR) is 114 cm³/mol. The summed E-state index contributed by atoms with van der Waals surface area (Å²) in [6.45, 7) is 3.38. The number of esters is 1. The van der Waals surface area contributed by atoms with E-state index in [1.807, 2.05) is 4.90 Å². The molecular weight excluding hydrogens is 396 g/mol. The van der Waals surface area contributed by atoms with Crippen LogP contribution in [-0.4, -0.2) is 54.6 Å². The van der Waals surface area contributed by atoms with Gasteiger partial charge in [0.1, 0.15) is 0 Å². The molecule has 0 bridgehead atoms. The number of carbonyl (C=O) groups is 4. The molecule has 0 spiro atoms. The Kier molecular flexibility index (Phi) is 5.95. The van der Waals surface area contributed by atoms with Gasteiger partial charge in [0.25, 0.3) is 0 Å². The van der Waals surface area contributed by atoms with Crippen LogP contribution in [0.15, 0.2) is 42.5 Å². The van der Waals surface area contributed by atoms with Crippen LogP contribution < -0.4 is 5.32 Å². The fourth-order valence-electron chi connectivity index (χ4n) is 4.29. The molecular formula is C24H24N2O5. The van der Waals surface area contributed by atoms with Gasteiger partial charge in [0.2, 0.25) is 5.91 Å². The van der Waals surface area contributed by atoms with E-state index in [0.717, 1.165) is 12.8 Å². The Hall–Kier alpha value is -3.32. The van der Waals surface area contributed by atoms with Gasteiger partial charge in [-0.25, -0.2) is 0 Å². The first kappa shape index (κ1) is 20.9. The van der Waals surface area contributed by atoms with Gasteiger partial charge >= 0.3 is 5.97 Å². The molecule has 2 aliphatic rings. The monoisotopic (exact) mass is 420 g/mol. The first-order valence-corrected chi connectivity index (χ1v) is 10.5. The SMILES string of the molecule is CCOC(=O)[C@H]1CCCN(CC(=O)Nc2cccc3c2C(=O)c2ccccc2C3=O)C1. The van der Waals surface area contributed by atoms with Crippen LogP contribution in [-0.2, 0) is 14.3 Å². The Morgan fingerprint density at radius 2 is 1.74 bits per heavy atom. The van der Waals surface area contributed by atoms with Gasteiger partial charge in [-0.3, -0.25) is 24.1 Å². The summed E-state index contributed by atoms with van der Waals surface area (Å²) in [4.78, 5) is 52.6. The number of amides is 1. The van der Waals surface area contributed by atoms with Crippen molar-refractivity contribution in [3.8, 4) is 0 Å². The fourth-order valence-corrected chi connectivity index (χ4v) is 4.29. The van der Waals surface area contributed by atoms with Crippen molar-refractivity contribution in [3.05, 3.63) is 64.7 Å². The van der Waals surface area contributed by atoms with Gasteiger partial charge in [0.05, 0.1) is 30.3 Å². The van der Waals surface area contributed by atoms with Gasteiger partial charge in [-0.05, 0) is 32.4 Å². The number of hydrogen-bond acceptors (Lipinski definition) is 6. The Labute approximate surface area is 180 Å². The minimum absolute atomic E-state index is 0.0955. The summed E-state index contributed by atoms with van der Waals surface area (Å²) in [6, 6.07) is 11.6. The number of anilines is 1. The Balaban J connectivity index is 1.49. The van der Waals surface area contributed by atoms with Crippen molar-refractivity contribution in [1.82, 2.24) is 4.90 Å². The van der Waals surface area contributed by atoms with Gasteiger partial charge in [-0.15, -0.1) is 0 Å². The molecule has 1 atom stereocenters. The van der Waals surface area contributed by atoms with E-state index >= 15 is 0 Å². The molecule has 0 aromatic heterocycles. The van der Waals surface area contributed by atoms with E-state index in [0.29, 0.717) is 42.1 Å². The zero-order valence-corrected chi connectivity index (χ0v) is 17.3. The molecule has 1 fully saturated rings. The highest BCUT2D eigenvalue weighted by Crippen LogP contribution is 2.32. The lowest BCUT2D eigenvalue weighted by atomic mass is 9.83. The smallest absolute Gasteiger partial charge is 0.310 e. The maximum Gasteiger partial charge on any atom is 0.310 e. The fraction of sp³-hybridized carbons (Fsp3) is 0.333. The van der Waals surface area contributed by atoms with Gasteiger partial charge in [-0.1, -0.05) is 36.4 Å². The number of rotatable bonds is 5. The molecule has 0 saturated carbocycles. The molecule has 2 aromatic carbocycles. The molecule has 1 heterocycles. The minimum Gasteiger partial charge on any atom is -0.466 e. The molecule has 2 aromatic rings. The Morgan fingerprint density at radius 1 is 1.03 bits per heavy atom. The average molecular weight is 420 g/mol. The van der Waals surface area contributed by atoms with E-state index in [9.17, 15) is 19.2 Å². The van der Waals surface area contributed by atoms with Crippen molar-refractivity contribution in [2.45, 2.75) is 19.8 Å². The molecule has 1 amide bonds. The van der Waals surface area contributed by atoms with Gasteiger partial charge in [0, 0.05) is 23.2 Å². The van der Waals surface area contributed by atoms with E-state index < -0.39 is 0 Å². The summed E-state index contributed by atoms with van der Waals surface area (Å²) < 4.78 is 5.11. The van der Waals surface area contributed by atoms with Crippen LogP contribution in [0.3, 0.4) is 0 Å². The zero-order chi connectivity index (χ0) is 22.0. The van der Waals surface area contributed by atoms with Gasteiger partial charge in [-0.2, -0.15) is 0 Å². The van der Waals surface area contributed by atoms with E-state index in [2.05, 4.69) is 5.32 Å². The molecule has 1 aliphatic carbocycles. The zero-order valence-electron chi connectivity index (χ0n) is 17.3. The van der Waals surface area contributed by atoms with Crippen LogP contribution in [0.5, 0.6) is 0 Å². The predicted octanol–water partition coefficient (Wildman–Crippen LogP) is 2.68. The minimum atomic E-state index is -0.294. The van der Waals surface area contributed by atoms with Crippen molar-refractivity contribution in [3.63, 3.8) is 0 Å². The molecule has 0 unspecified atom stereocenters. The maximum absolute atomic E-state index is 13.1. The van der Waals surface area contributed by atoms with Crippen molar-refractivity contribution >= 4 is 29.1 Å². The Bertz CT molecular complexity index is 1060. The Morgan fingerprint density at radius 3 is 2.48 bits per heavy atom. The number of likely N-dealkylation sites (tertiary alicyclic amines) is 1. The average Bonchev–Trinajstić information content (AvgIpc) is 2.77. The summed E-state index contributed by atoms with van der Waals surface area (Å²) in [5.41, 5.74) is 1.57. The summed E-state index contributed by atoms with van der Waals surface area (Å²) in [5, 5.41) is 2.80. The summed E-state index contributed by atoms with van der Waals surface area (Å²) in [7, 11) is 0. The second-order valence-electron chi connectivity index (χ2n) is 7.81. The lowest BCUT2D eigenvalue weighted by molar-refractivity contribution is -0.150. The molecule has 7 nitrogen and oxygen atoms in total. The number of nitrogens with one attached hydrogen (secondary N) is 1. The van der Waals surface area contributed by atoms with E-state index in [-0.39, 0.29) is 41.5 Å². The van der Waals surface area contributed by atoms with Crippen LogP contribution in [0, 0.1) is 5.92 Å². The second-order valence-corrected chi connectivity index (χ2v) is 7.81. The number of ether oxygens (including phenoxy) is 1. The summed E-state index contributed by atoms with van der Waals surface area (Å²) in [5.74, 6) is -1.26. The normalized spacial score (nSPS) is 18.2. The quantitative estimate of drug-likeness (QED) is 0.638. The standard InChI is InChI=1S/C24H24N2O5/c1-2-31-24(30)15-7-6-12-26(13-15)14-20(27)25-19-11-5-10-18-21(19)23(29)17-9-4-3-8-16(17)22(18)28/h3-5,8-11,15H,2,6-7,12-14H2,1H3,(H,25,27)/t15-/m0/s1. The van der Waals surface area contributed by atoms with Crippen LogP contribution in [0.1, 0.15) is 51.6 Å². The molecule has 1 N–H and O–H groups in total. The molecule has 0 radical (unpaired) electrons. The van der Waals surface area contributed by atoms with Crippen molar-refractivity contribution in [1.29, 1.82) is 0 Å². The molecule has 4 rings (SSSR count). The number of hydrogen-bond donors (Lipinski definition) is 1. The second kappa shape index (κ2) is 8.81. The third-order valence-corrected chi connectivity index (χ3v) is 5.72. The number of nitrogens with zero attached hydrogens (tertiary/aromatic N) is 1. The maximum atomic E-state index is 13.1. The first-order chi connectivity index (χ1) is 15.0. The highest BCUT2D eigenvalue weighted by atomic mass is 16.5. The third-order valence-electron chi connectivity index (χ3n) is 5.72. The van der Waals surface area contributed by atoms with Crippen molar-refractivity contribution in [2.24, 2.45) is 5.92 Å². The number of ketones is 2. The topological polar surface area (TPSA) is 92.8 Å². The number of benzene rings is 2. The molecule has 1 saturated heterocycles. The number of carbonyl (C=O) groups excluding carboxylic acids is 4. The van der Waals surface area contributed by atoms with Gasteiger partial charge in [0.15, 0.2) is 11.6 Å². The van der Waals surface area contributed by atoms with E-state index in [1.165, 1.54) is 0 Å². The van der Waals surface area contributed by atoms with Gasteiger partial charge < -0.3 is 10.1 Å². The van der Waals surface area contributed by atoms with Crippen LogP contribution in [0.4, 0.5) is 5.69 Å². The molecule has 7 heteroatoms. The molecule has 1 aliphatic heterocycles. The first-order valence-electron chi connectivity index (χ1n) is 10.5. The van der Waals surface area contributed by atoms with Crippen LogP contribution in [0.25, 0.3) is 0 Å². The van der Waals surface area contributed by atoms with Crippen molar-refractivity contribution in [2.75, 3.05) is 31.6 Å². The largest absolute Gasteiger partial charge is 0.466 e. The van der Waals surface area contributed by atoms with Crippen LogP contribution in [0.2, 0.25) is 0 Å². The highest BCUT2D eigenvalue weighted by Gasteiger charge is 2.32. The number of fused-ring (bicyclic) bond motifs is 2. The van der Waals surface area contributed by atoms with E-state index in [1.54, 1.807) is 49.4 Å². The summed E-state index contributed by atoms with van der Waals surface area (Å²) >= 11 is 0. The van der Waals surface area contributed by atoms with Crippen molar-refractivity contribution < 1.29 is 23.9 Å². The lowest BCUT2D eigenvalue weighted by Crippen LogP contribution is -2.43. The third kappa shape index (κ3) is 4.14.